The van der Waals surface area contributed by atoms with Crippen LogP contribution in [0.5, 0.6) is 0 Å². The van der Waals surface area contributed by atoms with Crippen molar-refractivity contribution in [1.82, 2.24) is 9.88 Å². The van der Waals surface area contributed by atoms with Gasteiger partial charge in [0, 0.05) is 17.3 Å². The highest BCUT2D eigenvalue weighted by atomic mass is 32.1. The van der Waals surface area contributed by atoms with Crippen LogP contribution in [0.3, 0.4) is 0 Å². The van der Waals surface area contributed by atoms with Crippen molar-refractivity contribution in [3.8, 4) is 0 Å². The Kier molecular flexibility index (Phi) is 4.93. The normalized spacial score (nSPS) is 18.6. The molecule has 0 amide bonds. The average Bonchev–Trinajstić information content (AvgIpc) is 2.73. The van der Waals surface area contributed by atoms with E-state index in [1.165, 1.54) is 23.4 Å². The van der Waals surface area contributed by atoms with Crippen LogP contribution < -0.4 is 0 Å². The molecule has 1 aliphatic carbocycles. The molecular weight excluding hydrogens is 260 g/mol. The lowest BCUT2D eigenvalue weighted by atomic mass is 9.97. The van der Waals surface area contributed by atoms with Crippen LogP contribution in [0.15, 0.2) is 0 Å². The molecule has 0 fully saturated rings. The second-order valence-corrected chi connectivity index (χ2v) is 6.52. The van der Waals surface area contributed by atoms with Crippen LogP contribution >= 0.6 is 11.3 Å². The zero-order valence-corrected chi connectivity index (χ0v) is 12.5. The minimum Gasteiger partial charge on any atom is -0.481 e. The highest BCUT2D eigenvalue weighted by Crippen LogP contribution is 2.37. The summed E-state index contributed by atoms with van der Waals surface area (Å²) in [5.41, 5.74) is 1.29. The van der Waals surface area contributed by atoms with E-state index in [4.69, 9.17) is 5.11 Å². The molecule has 1 aromatic heterocycles. The third-order valence-corrected chi connectivity index (χ3v) is 4.83. The molecule has 1 atom stereocenters. The molecular formula is C14H22N2O2S. The van der Waals surface area contributed by atoms with Gasteiger partial charge in [-0.25, -0.2) is 4.98 Å². The molecule has 0 aliphatic heterocycles. The number of unbranched alkanes of at least 4 members (excludes halogenated alkanes) is 1. The van der Waals surface area contributed by atoms with Gasteiger partial charge in [0.15, 0.2) is 0 Å². The van der Waals surface area contributed by atoms with Crippen LogP contribution in [0.4, 0.5) is 0 Å². The summed E-state index contributed by atoms with van der Waals surface area (Å²) < 4.78 is 0. The third kappa shape index (κ3) is 3.76. The summed E-state index contributed by atoms with van der Waals surface area (Å²) in [6.45, 7) is 3.04. The van der Waals surface area contributed by atoms with Crippen LogP contribution in [0, 0.1) is 6.92 Å². The number of nitrogens with zero attached hydrogens (tertiary/aromatic N) is 2. The van der Waals surface area contributed by atoms with Crippen molar-refractivity contribution in [2.75, 3.05) is 13.6 Å². The predicted octanol–water partition coefficient (Wildman–Crippen LogP) is 3.02. The van der Waals surface area contributed by atoms with Crippen molar-refractivity contribution in [3.05, 3.63) is 15.6 Å². The van der Waals surface area contributed by atoms with Gasteiger partial charge in [-0.2, -0.15) is 0 Å². The first kappa shape index (κ1) is 14.5. The van der Waals surface area contributed by atoms with Gasteiger partial charge in [0.1, 0.15) is 0 Å². The van der Waals surface area contributed by atoms with E-state index >= 15 is 0 Å². The summed E-state index contributed by atoms with van der Waals surface area (Å²) >= 11 is 1.82. The molecule has 0 radical (unpaired) electrons. The maximum atomic E-state index is 10.5. The van der Waals surface area contributed by atoms with E-state index in [1.54, 1.807) is 0 Å². The minimum atomic E-state index is -0.694. The monoisotopic (exact) mass is 282 g/mol. The number of aromatic nitrogens is 1. The van der Waals surface area contributed by atoms with Gasteiger partial charge in [-0.1, -0.05) is 0 Å². The van der Waals surface area contributed by atoms with Crippen molar-refractivity contribution in [2.24, 2.45) is 0 Å². The molecule has 2 rings (SSSR count). The molecule has 1 aliphatic rings. The molecule has 0 spiro atoms. The van der Waals surface area contributed by atoms with Crippen molar-refractivity contribution in [1.29, 1.82) is 0 Å². The van der Waals surface area contributed by atoms with Crippen LogP contribution in [0.2, 0.25) is 0 Å². The largest absolute Gasteiger partial charge is 0.481 e. The van der Waals surface area contributed by atoms with Gasteiger partial charge in [0.05, 0.1) is 10.7 Å². The fourth-order valence-corrected chi connectivity index (χ4v) is 3.91. The Morgan fingerprint density at radius 1 is 1.53 bits per heavy atom. The number of thiazole rings is 1. The second kappa shape index (κ2) is 6.48. The number of carboxylic acid groups (broad SMARTS) is 1. The van der Waals surface area contributed by atoms with Crippen molar-refractivity contribution in [2.45, 2.75) is 51.5 Å². The number of rotatable bonds is 6. The molecule has 19 heavy (non-hydrogen) atoms. The molecule has 0 bridgehead atoms. The van der Waals surface area contributed by atoms with Gasteiger partial charge in [0.2, 0.25) is 0 Å². The molecule has 5 heteroatoms. The standard InChI is InChI=1S/C14H22N2O2S/c1-10-15-11-6-5-7-12(14(11)19-10)16(2)9-4-3-8-13(17)18/h12H,3-9H2,1-2H3,(H,17,18). The lowest BCUT2D eigenvalue weighted by molar-refractivity contribution is -0.137. The molecule has 0 aromatic carbocycles. The van der Waals surface area contributed by atoms with Crippen LogP contribution in [0.1, 0.15) is 53.7 Å². The van der Waals surface area contributed by atoms with E-state index in [2.05, 4.69) is 23.9 Å². The predicted molar refractivity (Wildman–Crippen MR) is 76.6 cm³/mol. The van der Waals surface area contributed by atoms with Gasteiger partial charge < -0.3 is 5.11 Å². The number of carboxylic acids is 1. The second-order valence-electron chi connectivity index (χ2n) is 5.28. The quantitative estimate of drug-likeness (QED) is 0.815. The summed E-state index contributed by atoms with van der Waals surface area (Å²) in [7, 11) is 2.15. The number of aryl methyl sites for hydroxylation is 2. The average molecular weight is 282 g/mol. The summed E-state index contributed by atoms with van der Waals surface area (Å²) in [6, 6.07) is 0.486. The summed E-state index contributed by atoms with van der Waals surface area (Å²) in [6.07, 6.45) is 5.52. The van der Waals surface area contributed by atoms with Gasteiger partial charge in [-0.05, 0) is 52.6 Å². The minimum absolute atomic E-state index is 0.281. The molecule has 4 nitrogen and oxygen atoms in total. The Labute approximate surface area is 118 Å². The molecule has 1 N–H and O–H groups in total. The van der Waals surface area contributed by atoms with Crippen LogP contribution in [0.25, 0.3) is 0 Å². The Bertz CT molecular complexity index is 445. The lowest BCUT2D eigenvalue weighted by Gasteiger charge is -2.30. The molecule has 0 saturated heterocycles. The zero-order valence-electron chi connectivity index (χ0n) is 11.7. The first-order chi connectivity index (χ1) is 9.08. The van der Waals surface area contributed by atoms with Crippen molar-refractivity contribution in [3.63, 3.8) is 0 Å². The fraction of sp³-hybridized carbons (Fsp3) is 0.714. The Hall–Kier alpha value is -0.940. The van der Waals surface area contributed by atoms with E-state index < -0.39 is 5.97 Å². The zero-order chi connectivity index (χ0) is 13.8. The van der Waals surface area contributed by atoms with Crippen LogP contribution in [-0.2, 0) is 11.2 Å². The Balaban J connectivity index is 1.89. The highest BCUT2D eigenvalue weighted by Gasteiger charge is 2.26. The van der Waals surface area contributed by atoms with E-state index in [0.717, 1.165) is 30.8 Å². The lowest BCUT2D eigenvalue weighted by Crippen LogP contribution is -2.28. The number of hydrogen-bond donors (Lipinski definition) is 1. The van der Waals surface area contributed by atoms with E-state index in [1.807, 2.05) is 11.3 Å². The topological polar surface area (TPSA) is 53.4 Å². The molecule has 0 saturated carbocycles. The first-order valence-electron chi connectivity index (χ1n) is 6.96. The van der Waals surface area contributed by atoms with Crippen molar-refractivity contribution >= 4 is 17.3 Å². The van der Waals surface area contributed by atoms with E-state index in [-0.39, 0.29) is 6.42 Å². The first-order valence-corrected chi connectivity index (χ1v) is 7.78. The maximum absolute atomic E-state index is 10.5. The highest BCUT2D eigenvalue weighted by molar-refractivity contribution is 7.11. The molecule has 1 unspecified atom stereocenters. The SMILES string of the molecule is Cc1nc2c(s1)C(N(C)CCCCC(=O)O)CCC2. The smallest absolute Gasteiger partial charge is 0.303 e. The molecule has 1 aromatic rings. The number of carbonyl (C=O) groups is 1. The molecule has 1 heterocycles. The number of fused-ring (bicyclic) bond motifs is 1. The maximum Gasteiger partial charge on any atom is 0.303 e. The van der Waals surface area contributed by atoms with Gasteiger partial charge in [0.25, 0.3) is 0 Å². The van der Waals surface area contributed by atoms with E-state index in [9.17, 15) is 4.79 Å². The summed E-state index contributed by atoms with van der Waals surface area (Å²) in [5, 5.41) is 9.80. The number of hydrogen-bond acceptors (Lipinski definition) is 4. The number of aliphatic carboxylic acids is 1. The van der Waals surface area contributed by atoms with Crippen molar-refractivity contribution < 1.29 is 9.90 Å². The summed E-state index contributed by atoms with van der Waals surface area (Å²) in [5.74, 6) is -0.694. The molecule has 106 valence electrons. The third-order valence-electron chi connectivity index (χ3n) is 3.71. The van der Waals surface area contributed by atoms with Gasteiger partial charge in [-0.15, -0.1) is 11.3 Å². The fourth-order valence-electron chi connectivity index (χ4n) is 2.73. The van der Waals surface area contributed by atoms with Crippen LogP contribution in [-0.4, -0.2) is 34.6 Å². The van der Waals surface area contributed by atoms with Gasteiger partial charge in [-0.3, -0.25) is 9.69 Å². The van der Waals surface area contributed by atoms with Gasteiger partial charge >= 0.3 is 5.97 Å². The Morgan fingerprint density at radius 2 is 2.32 bits per heavy atom. The summed E-state index contributed by atoms with van der Waals surface area (Å²) in [4.78, 5) is 18.9. The van der Waals surface area contributed by atoms with E-state index in [0.29, 0.717) is 6.04 Å². The Morgan fingerprint density at radius 3 is 3.05 bits per heavy atom.